The Hall–Kier alpha value is -2.41. The van der Waals surface area contributed by atoms with E-state index in [2.05, 4.69) is 5.32 Å². The van der Waals surface area contributed by atoms with Crippen molar-refractivity contribution in [3.05, 3.63) is 58.3 Å². The first-order valence-corrected chi connectivity index (χ1v) is 5.96. The number of nitro benzene ring substituents is 1. The summed E-state index contributed by atoms with van der Waals surface area (Å²) in [5.41, 5.74) is -0.199. The van der Waals surface area contributed by atoms with Crippen molar-refractivity contribution in [2.24, 2.45) is 0 Å². The molecule has 0 amide bonds. The standard InChI is InChI=1S/C13H13FN2O4/c14-10-8-9(16(18)19)3-4-11(10)15-12(5-6-17)13-2-1-7-20-13/h1-4,7-8,12,15,17H,5-6H2. The molecule has 0 aliphatic rings. The molecular formula is C13H13FN2O4. The maximum Gasteiger partial charge on any atom is 0.272 e. The molecular weight excluding hydrogens is 267 g/mol. The molecule has 0 saturated heterocycles. The van der Waals surface area contributed by atoms with Gasteiger partial charge in [0.1, 0.15) is 5.76 Å². The highest BCUT2D eigenvalue weighted by atomic mass is 19.1. The molecule has 6 nitrogen and oxygen atoms in total. The van der Waals surface area contributed by atoms with E-state index in [-0.39, 0.29) is 18.0 Å². The molecule has 0 bridgehead atoms. The molecule has 0 saturated carbocycles. The molecule has 0 aliphatic carbocycles. The largest absolute Gasteiger partial charge is 0.467 e. The van der Waals surface area contributed by atoms with E-state index in [4.69, 9.17) is 9.52 Å². The molecule has 2 rings (SSSR count). The van der Waals surface area contributed by atoms with Crippen LogP contribution in [0.15, 0.2) is 41.0 Å². The molecule has 106 valence electrons. The van der Waals surface area contributed by atoms with Gasteiger partial charge in [0.25, 0.3) is 5.69 Å². The summed E-state index contributed by atoms with van der Waals surface area (Å²) in [6.07, 6.45) is 1.80. The highest BCUT2D eigenvalue weighted by molar-refractivity contribution is 5.51. The number of hydrogen-bond acceptors (Lipinski definition) is 5. The van der Waals surface area contributed by atoms with Crippen molar-refractivity contribution in [3.8, 4) is 0 Å². The number of furan rings is 1. The average molecular weight is 280 g/mol. The predicted molar refractivity (Wildman–Crippen MR) is 69.8 cm³/mol. The average Bonchev–Trinajstić information content (AvgIpc) is 2.94. The van der Waals surface area contributed by atoms with Gasteiger partial charge >= 0.3 is 0 Å². The van der Waals surface area contributed by atoms with Gasteiger partial charge in [-0.1, -0.05) is 0 Å². The molecule has 1 aromatic carbocycles. The molecule has 7 heteroatoms. The first-order chi connectivity index (χ1) is 9.61. The van der Waals surface area contributed by atoms with Crippen molar-refractivity contribution in [2.45, 2.75) is 12.5 Å². The first kappa shape index (κ1) is 14.0. The van der Waals surface area contributed by atoms with Crippen molar-refractivity contribution in [1.82, 2.24) is 0 Å². The summed E-state index contributed by atoms with van der Waals surface area (Å²) in [5, 5.41) is 22.4. The normalized spacial score (nSPS) is 12.1. The molecule has 2 N–H and O–H groups in total. The molecule has 1 heterocycles. The van der Waals surface area contributed by atoms with Crippen molar-refractivity contribution < 1.29 is 18.8 Å². The number of aliphatic hydroxyl groups excluding tert-OH is 1. The van der Waals surface area contributed by atoms with Gasteiger partial charge in [-0.05, 0) is 24.6 Å². The van der Waals surface area contributed by atoms with Crippen LogP contribution in [0.3, 0.4) is 0 Å². The quantitative estimate of drug-likeness (QED) is 0.627. The van der Waals surface area contributed by atoms with E-state index in [9.17, 15) is 14.5 Å². The summed E-state index contributed by atoms with van der Waals surface area (Å²) in [7, 11) is 0. The fourth-order valence-corrected chi connectivity index (χ4v) is 1.83. The Balaban J connectivity index is 2.21. The summed E-state index contributed by atoms with van der Waals surface area (Å²) in [6.45, 7) is -0.104. The number of anilines is 1. The van der Waals surface area contributed by atoms with Gasteiger partial charge in [0.15, 0.2) is 5.82 Å². The van der Waals surface area contributed by atoms with Crippen LogP contribution in [0.25, 0.3) is 0 Å². The summed E-state index contributed by atoms with van der Waals surface area (Å²) in [4.78, 5) is 9.88. The summed E-state index contributed by atoms with van der Waals surface area (Å²) < 4.78 is 19.0. The third kappa shape index (κ3) is 3.12. The third-order valence-corrected chi connectivity index (χ3v) is 2.80. The summed E-state index contributed by atoms with van der Waals surface area (Å²) in [6, 6.07) is 6.33. The van der Waals surface area contributed by atoms with E-state index < -0.39 is 16.8 Å². The SMILES string of the molecule is O=[N+]([O-])c1ccc(NC(CCO)c2ccco2)c(F)c1. The smallest absolute Gasteiger partial charge is 0.272 e. The Labute approximate surface area is 114 Å². The van der Waals surface area contributed by atoms with E-state index in [1.807, 2.05) is 0 Å². The molecule has 1 atom stereocenters. The number of rotatable bonds is 6. The number of hydrogen-bond donors (Lipinski definition) is 2. The lowest BCUT2D eigenvalue weighted by Crippen LogP contribution is -2.12. The minimum atomic E-state index is -0.728. The van der Waals surface area contributed by atoms with Crippen LogP contribution in [0, 0.1) is 15.9 Å². The lowest BCUT2D eigenvalue weighted by Gasteiger charge is -2.17. The second kappa shape index (κ2) is 6.16. The molecule has 20 heavy (non-hydrogen) atoms. The van der Waals surface area contributed by atoms with Crippen LogP contribution >= 0.6 is 0 Å². The molecule has 0 radical (unpaired) electrons. The highest BCUT2D eigenvalue weighted by Crippen LogP contribution is 2.26. The number of benzene rings is 1. The fraction of sp³-hybridized carbons (Fsp3) is 0.231. The Morgan fingerprint density at radius 1 is 1.45 bits per heavy atom. The van der Waals surface area contributed by atoms with Crippen LogP contribution in [-0.2, 0) is 0 Å². The van der Waals surface area contributed by atoms with Crippen molar-refractivity contribution >= 4 is 11.4 Å². The van der Waals surface area contributed by atoms with Crippen LogP contribution in [0.5, 0.6) is 0 Å². The topological polar surface area (TPSA) is 88.5 Å². The molecule has 0 aliphatic heterocycles. The van der Waals surface area contributed by atoms with Gasteiger partial charge in [-0.25, -0.2) is 4.39 Å². The second-order valence-corrected chi connectivity index (χ2v) is 4.15. The van der Waals surface area contributed by atoms with Crippen LogP contribution < -0.4 is 5.32 Å². The Kier molecular flexibility index (Phi) is 4.31. The lowest BCUT2D eigenvalue weighted by molar-refractivity contribution is -0.385. The number of aliphatic hydroxyl groups is 1. The number of non-ortho nitro benzene ring substituents is 1. The zero-order chi connectivity index (χ0) is 14.5. The third-order valence-electron chi connectivity index (χ3n) is 2.80. The Bertz CT molecular complexity index is 586. The lowest BCUT2D eigenvalue weighted by atomic mass is 10.1. The van der Waals surface area contributed by atoms with Crippen LogP contribution in [0.4, 0.5) is 15.8 Å². The second-order valence-electron chi connectivity index (χ2n) is 4.15. The van der Waals surface area contributed by atoms with Gasteiger partial charge < -0.3 is 14.8 Å². The monoisotopic (exact) mass is 280 g/mol. The summed E-state index contributed by atoms with van der Waals surface area (Å²) in [5.74, 6) is -0.175. The Morgan fingerprint density at radius 3 is 2.80 bits per heavy atom. The number of nitro groups is 1. The van der Waals surface area contributed by atoms with Crippen LogP contribution in [-0.4, -0.2) is 16.6 Å². The van der Waals surface area contributed by atoms with E-state index in [0.29, 0.717) is 12.2 Å². The van der Waals surface area contributed by atoms with Crippen molar-refractivity contribution in [3.63, 3.8) is 0 Å². The maximum atomic E-state index is 13.8. The van der Waals surface area contributed by atoms with Crippen molar-refractivity contribution in [2.75, 3.05) is 11.9 Å². The van der Waals surface area contributed by atoms with Crippen LogP contribution in [0.2, 0.25) is 0 Å². The van der Waals surface area contributed by atoms with E-state index in [0.717, 1.165) is 6.07 Å². The van der Waals surface area contributed by atoms with Gasteiger partial charge in [-0.3, -0.25) is 10.1 Å². The zero-order valence-corrected chi connectivity index (χ0v) is 10.5. The first-order valence-electron chi connectivity index (χ1n) is 5.96. The summed E-state index contributed by atoms with van der Waals surface area (Å²) >= 11 is 0. The number of nitrogens with zero attached hydrogens (tertiary/aromatic N) is 1. The zero-order valence-electron chi connectivity index (χ0n) is 10.5. The predicted octanol–water partition coefficient (Wildman–Crippen LogP) is 2.86. The molecule has 1 unspecified atom stereocenters. The maximum absolute atomic E-state index is 13.8. The van der Waals surface area contributed by atoms with Crippen LogP contribution in [0.1, 0.15) is 18.2 Å². The minimum Gasteiger partial charge on any atom is -0.467 e. The Morgan fingerprint density at radius 2 is 2.25 bits per heavy atom. The van der Waals surface area contributed by atoms with Gasteiger partial charge in [-0.15, -0.1) is 0 Å². The van der Waals surface area contributed by atoms with Gasteiger partial charge in [0.2, 0.25) is 0 Å². The van der Waals surface area contributed by atoms with Crippen molar-refractivity contribution in [1.29, 1.82) is 0 Å². The van der Waals surface area contributed by atoms with Gasteiger partial charge in [0.05, 0.1) is 29.0 Å². The van der Waals surface area contributed by atoms with E-state index >= 15 is 0 Å². The minimum absolute atomic E-state index is 0.104. The molecule has 0 spiro atoms. The number of halogens is 1. The number of nitrogens with one attached hydrogen (secondary N) is 1. The van der Waals surface area contributed by atoms with Gasteiger partial charge in [0, 0.05) is 12.7 Å². The molecule has 0 fully saturated rings. The van der Waals surface area contributed by atoms with E-state index in [1.54, 1.807) is 12.1 Å². The van der Waals surface area contributed by atoms with E-state index in [1.165, 1.54) is 18.4 Å². The highest BCUT2D eigenvalue weighted by Gasteiger charge is 2.17. The fourth-order valence-electron chi connectivity index (χ4n) is 1.83. The molecule has 1 aromatic heterocycles. The van der Waals surface area contributed by atoms with Gasteiger partial charge in [-0.2, -0.15) is 0 Å². The molecule has 2 aromatic rings.